The first-order chi connectivity index (χ1) is 11.7. The van der Waals surface area contributed by atoms with Crippen LogP contribution in [0.5, 0.6) is 17.2 Å². The number of rotatable bonds is 6. The Bertz CT molecular complexity index is 712. The number of hydrogen-bond acceptors (Lipinski definition) is 4. The van der Waals surface area contributed by atoms with E-state index in [0.29, 0.717) is 25.3 Å². The molecule has 1 aliphatic rings. The van der Waals surface area contributed by atoms with E-state index in [2.05, 4.69) is 0 Å². The molecular formula is C19H21NO4. The molecule has 24 heavy (non-hydrogen) atoms. The van der Waals surface area contributed by atoms with Gasteiger partial charge in [0, 0.05) is 18.7 Å². The number of carbonyl (C=O) groups is 1. The summed E-state index contributed by atoms with van der Waals surface area (Å²) in [6.45, 7) is 5.92. The van der Waals surface area contributed by atoms with Crippen LogP contribution in [0, 0.1) is 0 Å². The maximum absolute atomic E-state index is 12.7. The number of amides is 1. The van der Waals surface area contributed by atoms with E-state index in [9.17, 15) is 4.79 Å². The summed E-state index contributed by atoms with van der Waals surface area (Å²) in [7, 11) is 0. The van der Waals surface area contributed by atoms with Crippen molar-refractivity contribution < 1.29 is 19.0 Å². The molecule has 0 unspecified atom stereocenters. The molecule has 5 nitrogen and oxygen atoms in total. The second kappa shape index (κ2) is 7.25. The highest BCUT2D eigenvalue weighted by Crippen LogP contribution is 2.32. The van der Waals surface area contributed by atoms with Crippen LogP contribution < -0.4 is 14.2 Å². The van der Waals surface area contributed by atoms with Gasteiger partial charge in [-0.05, 0) is 55.8 Å². The fourth-order valence-electron chi connectivity index (χ4n) is 2.63. The van der Waals surface area contributed by atoms with Gasteiger partial charge >= 0.3 is 0 Å². The molecule has 0 radical (unpaired) electrons. The molecule has 1 amide bonds. The second-order valence-electron chi connectivity index (χ2n) is 5.46. The summed E-state index contributed by atoms with van der Waals surface area (Å²) in [4.78, 5) is 14.5. The molecule has 5 heteroatoms. The fourth-order valence-corrected chi connectivity index (χ4v) is 2.63. The first-order valence-corrected chi connectivity index (χ1v) is 8.12. The van der Waals surface area contributed by atoms with Crippen molar-refractivity contribution >= 4 is 5.91 Å². The predicted molar refractivity (Wildman–Crippen MR) is 90.6 cm³/mol. The maximum atomic E-state index is 12.7. The Morgan fingerprint density at radius 1 is 1.08 bits per heavy atom. The molecule has 0 fully saturated rings. The van der Waals surface area contributed by atoms with Crippen LogP contribution in [0.25, 0.3) is 0 Å². The number of fused-ring (bicyclic) bond motifs is 1. The highest BCUT2D eigenvalue weighted by Gasteiger charge is 2.17. The van der Waals surface area contributed by atoms with Crippen molar-refractivity contribution in [3.05, 3.63) is 53.6 Å². The van der Waals surface area contributed by atoms with Crippen molar-refractivity contribution in [1.29, 1.82) is 0 Å². The van der Waals surface area contributed by atoms with Gasteiger partial charge in [0.05, 0.1) is 6.61 Å². The molecular weight excluding hydrogens is 306 g/mol. The quantitative estimate of drug-likeness (QED) is 0.815. The summed E-state index contributed by atoms with van der Waals surface area (Å²) >= 11 is 0. The third-order valence-electron chi connectivity index (χ3n) is 3.89. The van der Waals surface area contributed by atoms with Gasteiger partial charge in [0.25, 0.3) is 5.91 Å². The van der Waals surface area contributed by atoms with Crippen LogP contribution in [0.1, 0.15) is 29.8 Å². The van der Waals surface area contributed by atoms with Gasteiger partial charge in [0.1, 0.15) is 5.75 Å². The van der Waals surface area contributed by atoms with Crippen molar-refractivity contribution in [2.45, 2.75) is 20.4 Å². The molecule has 2 aromatic carbocycles. The highest BCUT2D eigenvalue weighted by molar-refractivity contribution is 5.94. The number of benzene rings is 2. The lowest BCUT2D eigenvalue weighted by Crippen LogP contribution is -2.30. The first-order valence-electron chi connectivity index (χ1n) is 8.12. The lowest BCUT2D eigenvalue weighted by Gasteiger charge is -2.21. The van der Waals surface area contributed by atoms with Crippen LogP contribution in [0.3, 0.4) is 0 Å². The standard InChI is InChI=1S/C19H21NO4/c1-3-20(12-14-5-10-17-18(11-14)24-13-23-17)19(21)15-6-8-16(9-7-15)22-4-2/h5-11H,3-4,12-13H2,1-2H3. The molecule has 3 rings (SSSR count). The molecule has 0 aromatic heterocycles. The Balaban J connectivity index is 1.72. The van der Waals surface area contributed by atoms with Crippen LogP contribution in [-0.2, 0) is 6.54 Å². The predicted octanol–water partition coefficient (Wildman–Crippen LogP) is 3.48. The molecule has 1 heterocycles. The third kappa shape index (κ3) is 3.45. The van der Waals surface area contributed by atoms with E-state index >= 15 is 0 Å². The van der Waals surface area contributed by atoms with E-state index in [-0.39, 0.29) is 12.7 Å². The van der Waals surface area contributed by atoms with Gasteiger partial charge in [-0.3, -0.25) is 4.79 Å². The summed E-state index contributed by atoms with van der Waals surface area (Å²) in [6.07, 6.45) is 0. The maximum Gasteiger partial charge on any atom is 0.254 e. The zero-order chi connectivity index (χ0) is 16.9. The van der Waals surface area contributed by atoms with E-state index in [1.165, 1.54) is 0 Å². The SMILES string of the molecule is CCOc1ccc(C(=O)N(CC)Cc2ccc3c(c2)OCO3)cc1. The highest BCUT2D eigenvalue weighted by atomic mass is 16.7. The average Bonchev–Trinajstić information content (AvgIpc) is 3.08. The van der Waals surface area contributed by atoms with E-state index < -0.39 is 0 Å². The lowest BCUT2D eigenvalue weighted by molar-refractivity contribution is 0.0752. The molecule has 0 spiro atoms. The number of carbonyl (C=O) groups excluding carboxylic acids is 1. The summed E-state index contributed by atoms with van der Waals surface area (Å²) in [5.41, 5.74) is 1.67. The number of hydrogen-bond donors (Lipinski definition) is 0. The normalized spacial score (nSPS) is 12.1. The summed E-state index contributed by atoms with van der Waals surface area (Å²) < 4.78 is 16.1. The molecule has 0 saturated heterocycles. The zero-order valence-corrected chi connectivity index (χ0v) is 14.0. The number of nitrogens with zero attached hydrogens (tertiary/aromatic N) is 1. The monoisotopic (exact) mass is 327 g/mol. The van der Waals surface area contributed by atoms with Crippen molar-refractivity contribution in [1.82, 2.24) is 4.90 Å². The van der Waals surface area contributed by atoms with Gasteiger partial charge in [0.15, 0.2) is 11.5 Å². The largest absolute Gasteiger partial charge is 0.494 e. The summed E-state index contributed by atoms with van der Waals surface area (Å²) in [6, 6.07) is 13.0. The van der Waals surface area contributed by atoms with Crippen LogP contribution in [0.4, 0.5) is 0 Å². The second-order valence-corrected chi connectivity index (χ2v) is 5.46. The average molecular weight is 327 g/mol. The van der Waals surface area contributed by atoms with Gasteiger partial charge in [-0.1, -0.05) is 6.07 Å². The minimum Gasteiger partial charge on any atom is -0.494 e. The Hall–Kier alpha value is -2.69. The van der Waals surface area contributed by atoms with E-state index in [4.69, 9.17) is 14.2 Å². The van der Waals surface area contributed by atoms with Crippen molar-refractivity contribution in [2.75, 3.05) is 19.9 Å². The minimum absolute atomic E-state index is 0.00165. The molecule has 1 aliphatic heterocycles. The van der Waals surface area contributed by atoms with Crippen LogP contribution in [0.15, 0.2) is 42.5 Å². The summed E-state index contributed by atoms with van der Waals surface area (Å²) in [5, 5.41) is 0. The Morgan fingerprint density at radius 2 is 1.83 bits per heavy atom. The molecule has 0 bridgehead atoms. The minimum atomic E-state index is -0.00165. The topological polar surface area (TPSA) is 48.0 Å². The van der Waals surface area contributed by atoms with Crippen molar-refractivity contribution in [3.63, 3.8) is 0 Å². The Morgan fingerprint density at radius 3 is 2.54 bits per heavy atom. The van der Waals surface area contributed by atoms with Crippen molar-refractivity contribution in [3.8, 4) is 17.2 Å². The first kappa shape index (κ1) is 16.2. The fraction of sp³-hybridized carbons (Fsp3) is 0.316. The molecule has 2 aromatic rings. The third-order valence-corrected chi connectivity index (χ3v) is 3.89. The van der Waals surface area contributed by atoms with Gasteiger partial charge < -0.3 is 19.1 Å². The van der Waals surface area contributed by atoms with Gasteiger partial charge in [0.2, 0.25) is 6.79 Å². The molecule has 0 aliphatic carbocycles. The molecule has 126 valence electrons. The lowest BCUT2D eigenvalue weighted by atomic mass is 10.1. The Labute approximate surface area is 141 Å². The molecule has 0 atom stereocenters. The van der Waals surface area contributed by atoms with E-state index in [0.717, 1.165) is 22.8 Å². The Kier molecular flexibility index (Phi) is 4.89. The van der Waals surface area contributed by atoms with Crippen molar-refractivity contribution in [2.24, 2.45) is 0 Å². The molecule has 0 N–H and O–H groups in total. The number of ether oxygens (including phenoxy) is 3. The summed E-state index contributed by atoms with van der Waals surface area (Å²) in [5.74, 6) is 2.25. The van der Waals surface area contributed by atoms with Crippen LogP contribution >= 0.6 is 0 Å². The van der Waals surface area contributed by atoms with Gasteiger partial charge in [-0.15, -0.1) is 0 Å². The molecule has 0 saturated carbocycles. The van der Waals surface area contributed by atoms with E-state index in [1.54, 1.807) is 17.0 Å². The van der Waals surface area contributed by atoms with Crippen LogP contribution in [0.2, 0.25) is 0 Å². The van der Waals surface area contributed by atoms with Gasteiger partial charge in [-0.2, -0.15) is 0 Å². The van der Waals surface area contributed by atoms with Crippen LogP contribution in [-0.4, -0.2) is 30.8 Å². The zero-order valence-electron chi connectivity index (χ0n) is 14.0. The van der Waals surface area contributed by atoms with Gasteiger partial charge in [-0.25, -0.2) is 0 Å². The smallest absolute Gasteiger partial charge is 0.254 e. The van der Waals surface area contributed by atoms with E-state index in [1.807, 2.05) is 44.2 Å².